The standard InChI is InChI=1S/C12H13NO3/c1-8(7-14)6-13-11(15)9-4-2-3-5-10(9)12(13)16/h2-5,8,14H,6-7H2,1H3. The van der Waals surface area contributed by atoms with Gasteiger partial charge in [-0.3, -0.25) is 14.5 Å². The molecule has 1 atom stereocenters. The number of aliphatic hydroxyl groups excluding tert-OH is 1. The first-order valence-corrected chi connectivity index (χ1v) is 5.21. The van der Waals surface area contributed by atoms with Crippen molar-refractivity contribution in [2.24, 2.45) is 5.92 Å². The molecular formula is C12H13NO3. The Morgan fingerprint density at radius 1 is 1.19 bits per heavy atom. The van der Waals surface area contributed by atoms with Gasteiger partial charge in [0.05, 0.1) is 11.1 Å². The lowest BCUT2D eigenvalue weighted by Gasteiger charge is -2.17. The summed E-state index contributed by atoms with van der Waals surface area (Å²) >= 11 is 0. The van der Waals surface area contributed by atoms with E-state index in [0.29, 0.717) is 11.1 Å². The second kappa shape index (κ2) is 4.06. The van der Waals surface area contributed by atoms with E-state index >= 15 is 0 Å². The third-order valence-electron chi connectivity index (χ3n) is 2.68. The zero-order chi connectivity index (χ0) is 11.7. The number of aliphatic hydroxyl groups is 1. The Hall–Kier alpha value is -1.68. The Morgan fingerprint density at radius 2 is 1.69 bits per heavy atom. The molecule has 0 bridgehead atoms. The first-order chi connectivity index (χ1) is 7.65. The first-order valence-electron chi connectivity index (χ1n) is 5.21. The zero-order valence-electron chi connectivity index (χ0n) is 9.01. The molecule has 1 N–H and O–H groups in total. The SMILES string of the molecule is CC(CO)CN1C(=O)c2ccccc2C1=O. The molecule has 4 heteroatoms. The summed E-state index contributed by atoms with van der Waals surface area (Å²) in [5.41, 5.74) is 0.912. The van der Waals surface area contributed by atoms with Gasteiger partial charge in [-0.25, -0.2) is 0 Å². The van der Waals surface area contributed by atoms with E-state index in [1.807, 2.05) is 0 Å². The molecular weight excluding hydrogens is 206 g/mol. The van der Waals surface area contributed by atoms with Crippen molar-refractivity contribution < 1.29 is 14.7 Å². The topological polar surface area (TPSA) is 57.6 Å². The number of hydrogen-bond donors (Lipinski definition) is 1. The zero-order valence-corrected chi connectivity index (χ0v) is 9.01. The highest BCUT2D eigenvalue weighted by Crippen LogP contribution is 2.22. The highest BCUT2D eigenvalue weighted by molar-refractivity contribution is 6.21. The van der Waals surface area contributed by atoms with E-state index in [2.05, 4.69) is 0 Å². The molecule has 2 amide bonds. The molecule has 0 radical (unpaired) electrons. The summed E-state index contributed by atoms with van der Waals surface area (Å²) in [7, 11) is 0. The van der Waals surface area contributed by atoms with E-state index in [0.717, 1.165) is 0 Å². The predicted molar refractivity (Wildman–Crippen MR) is 58.1 cm³/mol. The molecule has 0 saturated heterocycles. The maximum absolute atomic E-state index is 11.9. The lowest BCUT2D eigenvalue weighted by atomic mass is 10.1. The molecule has 0 fully saturated rings. The van der Waals surface area contributed by atoms with Crippen LogP contribution >= 0.6 is 0 Å². The van der Waals surface area contributed by atoms with E-state index in [4.69, 9.17) is 5.11 Å². The first kappa shape index (κ1) is 10.8. The molecule has 0 aliphatic carbocycles. The second-order valence-electron chi connectivity index (χ2n) is 4.05. The Labute approximate surface area is 93.5 Å². The van der Waals surface area contributed by atoms with E-state index in [1.165, 1.54) is 4.90 Å². The van der Waals surface area contributed by atoms with E-state index in [-0.39, 0.29) is 30.9 Å². The molecule has 4 nitrogen and oxygen atoms in total. The number of nitrogens with zero attached hydrogens (tertiary/aromatic N) is 1. The molecule has 0 saturated carbocycles. The summed E-state index contributed by atoms with van der Waals surface area (Å²) < 4.78 is 0. The van der Waals surface area contributed by atoms with Crippen LogP contribution in [0.3, 0.4) is 0 Å². The summed E-state index contributed by atoms with van der Waals surface area (Å²) in [4.78, 5) is 25.0. The van der Waals surface area contributed by atoms with Crippen LogP contribution in [-0.2, 0) is 0 Å². The summed E-state index contributed by atoms with van der Waals surface area (Å²) in [5.74, 6) is -0.621. The van der Waals surface area contributed by atoms with Gasteiger partial charge in [-0.1, -0.05) is 19.1 Å². The second-order valence-corrected chi connectivity index (χ2v) is 4.05. The van der Waals surface area contributed by atoms with Crippen LogP contribution < -0.4 is 0 Å². The molecule has 1 aromatic rings. The van der Waals surface area contributed by atoms with Crippen molar-refractivity contribution in [1.82, 2.24) is 4.90 Å². The molecule has 2 rings (SSSR count). The fourth-order valence-electron chi connectivity index (χ4n) is 1.77. The van der Waals surface area contributed by atoms with Crippen LogP contribution in [0.5, 0.6) is 0 Å². The summed E-state index contributed by atoms with van der Waals surface area (Å²) in [6.45, 7) is 2.03. The van der Waals surface area contributed by atoms with Crippen molar-refractivity contribution in [1.29, 1.82) is 0 Å². The average Bonchev–Trinajstić information content (AvgIpc) is 2.55. The summed E-state index contributed by atoms with van der Waals surface area (Å²) in [6, 6.07) is 6.78. The smallest absolute Gasteiger partial charge is 0.261 e. The third-order valence-corrected chi connectivity index (χ3v) is 2.68. The number of hydrogen-bond acceptors (Lipinski definition) is 3. The predicted octanol–water partition coefficient (Wildman–Crippen LogP) is 0.911. The number of fused-ring (bicyclic) bond motifs is 1. The Balaban J connectivity index is 2.28. The minimum absolute atomic E-state index is 0.0343. The van der Waals surface area contributed by atoms with Crippen LogP contribution in [0.1, 0.15) is 27.6 Å². The van der Waals surface area contributed by atoms with Gasteiger partial charge in [-0.05, 0) is 18.1 Å². The Kier molecular flexibility index (Phi) is 2.75. The van der Waals surface area contributed by atoms with Crippen molar-refractivity contribution in [3.63, 3.8) is 0 Å². The van der Waals surface area contributed by atoms with E-state index < -0.39 is 0 Å². The number of imide groups is 1. The minimum atomic E-state index is -0.263. The molecule has 0 aromatic heterocycles. The molecule has 1 aliphatic heterocycles. The molecule has 1 unspecified atom stereocenters. The highest BCUT2D eigenvalue weighted by Gasteiger charge is 2.35. The van der Waals surface area contributed by atoms with Crippen LogP contribution in [0.4, 0.5) is 0 Å². The quantitative estimate of drug-likeness (QED) is 0.769. The Bertz CT molecular complexity index is 407. The van der Waals surface area contributed by atoms with E-state index in [1.54, 1.807) is 31.2 Å². The molecule has 16 heavy (non-hydrogen) atoms. The van der Waals surface area contributed by atoms with Gasteiger partial charge in [0.15, 0.2) is 0 Å². The van der Waals surface area contributed by atoms with E-state index in [9.17, 15) is 9.59 Å². The molecule has 1 heterocycles. The number of carbonyl (C=O) groups excluding carboxylic acids is 2. The Morgan fingerprint density at radius 3 is 2.12 bits per heavy atom. The number of amides is 2. The fraction of sp³-hybridized carbons (Fsp3) is 0.333. The summed E-state index contributed by atoms with van der Waals surface area (Å²) in [6.07, 6.45) is 0. The van der Waals surface area contributed by atoms with Gasteiger partial charge in [0, 0.05) is 13.2 Å². The van der Waals surface area contributed by atoms with Crippen molar-refractivity contribution >= 4 is 11.8 Å². The summed E-state index contributed by atoms with van der Waals surface area (Å²) in [5, 5.41) is 8.94. The van der Waals surface area contributed by atoms with Gasteiger partial charge in [0.25, 0.3) is 11.8 Å². The van der Waals surface area contributed by atoms with Crippen molar-refractivity contribution in [3.05, 3.63) is 35.4 Å². The molecule has 0 spiro atoms. The monoisotopic (exact) mass is 219 g/mol. The van der Waals surface area contributed by atoms with Crippen LogP contribution in [0.2, 0.25) is 0 Å². The minimum Gasteiger partial charge on any atom is -0.396 e. The third kappa shape index (κ3) is 1.61. The maximum Gasteiger partial charge on any atom is 0.261 e. The lowest BCUT2D eigenvalue weighted by molar-refractivity contribution is 0.0614. The van der Waals surface area contributed by atoms with Gasteiger partial charge < -0.3 is 5.11 Å². The van der Waals surface area contributed by atoms with Gasteiger partial charge >= 0.3 is 0 Å². The average molecular weight is 219 g/mol. The maximum atomic E-state index is 11.9. The molecule has 84 valence electrons. The fourth-order valence-corrected chi connectivity index (χ4v) is 1.77. The van der Waals surface area contributed by atoms with Crippen LogP contribution in [0, 0.1) is 5.92 Å². The van der Waals surface area contributed by atoms with Gasteiger partial charge in [-0.15, -0.1) is 0 Å². The van der Waals surface area contributed by atoms with Crippen molar-refractivity contribution in [2.45, 2.75) is 6.92 Å². The normalized spacial score (nSPS) is 16.5. The van der Waals surface area contributed by atoms with Gasteiger partial charge in [-0.2, -0.15) is 0 Å². The highest BCUT2D eigenvalue weighted by atomic mass is 16.3. The largest absolute Gasteiger partial charge is 0.396 e. The molecule has 1 aromatic carbocycles. The van der Waals surface area contributed by atoms with Crippen LogP contribution in [0.15, 0.2) is 24.3 Å². The van der Waals surface area contributed by atoms with Gasteiger partial charge in [0.1, 0.15) is 0 Å². The van der Waals surface area contributed by atoms with Crippen molar-refractivity contribution in [3.8, 4) is 0 Å². The van der Waals surface area contributed by atoms with Gasteiger partial charge in [0.2, 0.25) is 0 Å². The number of rotatable bonds is 3. The lowest BCUT2D eigenvalue weighted by Crippen LogP contribution is -2.34. The number of benzene rings is 1. The number of carbonyl (C=O) groups is 2. The van der Waals surface area contributed by atoms with Crippen LogP contribution in [-0.4, -0.2) is 35.0 Å². The van der Waals surface area contributed by atoms with Crippen LogP contribution in [0.25, 0.3) is 0 Å². The van der Waals surface area contributed by atoms with Crippen molar-refractivity contribution in [2.75, 3.05) is 13.2 Å². The molecule has 1 aliphatic rings.